The van der Waals surface area contributed by atoms with E-state index in [-0.39, 0.29) is 0 Å². The van der Waals surface area contributed by atoms with E-state index < -0.39 is 0 Å². The molecule has 0 aliphatic carbocycles. The van der Waals surface area contributed by atoms with Gasteiger partial charge in [-0.1, -0.05) is 170 Å². The number of nitrogens with one attached hydrogen (secondary N) is 1. The number of pyridine rings is 4. The lowest BCUT2D eigenvalue weighted by atomic mass is 9.96. The van der Waals surface area contributed by atoms with E-state index in [4.69, 9.17) is 14.5 Å². The molecule has 9 heteroatoms. The Hall–Kier alpha value is -10.5. The molecule has 8 nitrogen and oxygen atoms in total. The molecule has 0 spiro atoms. The molecule has 16 rings (SSSR count). The molecular weight excluding hydrogens is 1060 g/mol. The molecule has 1 N–H and O–H groups in total. The lowest BCUT2D eigenvalue weighted by Gasteiger charge is -2.15. The van der Waals surface area contributed by atoms with Crippen molar-refractivity contribution in [3.8, 4) is 118 Å². The van der Waals surface area contributed by atoms with Crippen LogP contribution in [0.1, 0.15) is 0 Å². The number of H-pyrrole nitrogens is 1. The van der Waals surface area contributed by atoms with Crippen LogP contribution in [0.2, 0.25) is 0 Å². The predicted molar refractivity (Wildman–Crippen MR) is 331 cm³/mol. The minimum absolute atomic E-state index is 0.831. The van der Waals surface area contributed by atoms with Gasteiger partial charge in [-0.15, -0.1) is 0 Å². The monoisotopic (exact) mass is 1110 g/mol. The van der Waals surface area contributed by atoms with E-state index in [1.165, 1.54) is 22.1 Å². The van der Waals surface area contributed by atoms with Crippen molar-refractivity contribution >= 4 is 37.7 Å². The third kappa shape index (κ3) is 9.21. The number of halogens is 1. The van der Waals surface area contributed by atoms with Crippen LogP contribution in [0.3, 0.4) is 0 Å². The van der Waals surface area contributed by atoms with E-state index >= 15 is 0 Å². The van der Waals surface area contributed by atoms with Crippen molar-refractivity contribution in [1.29, 1.82) is 0 Å². The van der Waals surface area contributed by atoms with Gasteiger partial charge in [-0.2, -0.15) is 0 Å². The lowest BCUT2D eigenvalue weighted by molar-refractivity contribution is 0.487. The summed E-state index contributed by atoms with van der Waals surface area (Å²) < 4.78 is 16.2. The summed E-state index contributed by atoms with van der Waals surface area (Å²) in [6, 6.07) is 87.1. The minimum atomic E-state index is 0.831. The lowest BCUT2D eigenvalue weighted by Crippen LogP contribution is -2.00. The zero-order valence-electron chi connectivity index (χ0n) is 43.5. The van der Waals surface area contributed by atoms with Gasteiger partial charge in [-0.25, -0.2) is 0 Å². The number of hydrogen-bond donors (Lipinski definition) is 1. The maximum Gasteiger partial charge on any atom is 0.136 e. The number of nitrogens with zero attached hydrogens (tertiary/aromatic N) is 5. The Morgan fingerprint density at radius 1 is 0.346 bits per heavy atom. The van der Waals surface area contributed by atoms with Gasteiger partial charge in [0.2, 0.25) is 0 Å². The predicted octanol–water partition coefficient (Wildman–Crippen LogP) is 19.4. The van der Waals surface area contributed by atoms with E-state index in [1.807, 2.05) is 103 Å². The zero-order valence-corrected chi connectivity index (χ0v) is 45.1. The molecule has 0 atom stereocenters. The van der Waals surface area contributed by atoms with Crippen LogP contribution in [0.5, 0.6) is 23.0 Å². The largest absolute Gasteiger partial charge is 0.456 e. The van der Waals surface area contributed by atoms with Crippen LogP contribution in [-0.4, -0.2) is 29.5 Å². The van der Waals surface area contributed by atoms with Crippen molar-refractivity contribution in [2.45, 2.75) is 0 Å². The number of ether oxygens (including phenoxy) is 2. The average molecular weight is 1110 g/mol. The van der Waals surface area contributed by atoms with E-state index in [0.717, 1.165) is 123 Å². The molecule has 0 amide bonds. The standard InChI is InChI=1S/C36H23N3O.C26H17NO.C10H7BrN2/c1-2-11-24(12-3-1)26-15-10-16-29-34-27-13-4-6-18-32(27)40-33-19-7-5-14-28(33)36(34)39(35(26)29)25-20-21-31(38-23-25)30-17-8-9-22-37-30;1-2-9-17(10-3-1)18-13-8-14-21-24-19-11-4-6-15-22(19)28-23-16-7-5-12-20(23)26(24)27-25(18)21;11-8-4-5-10(13-7-8)9-3-1-2-6-12-9/h1-23H;1-16,27H;1-7H. The fourth-order valence-corrected chi connectivity index (χ4v) is 11.3. The van der Waals surface area contributed by atoms with Crippen LogP contribution in [0.4, 0.5) is 0 Å². The fourth-order valence-electron chi connectivity index (χ4n) is 11.0. The first-order valence-electron chi connectivity index (χ1n) is 26.7. The molecule has 2 aliphatic heterocycles. The Labute approximate surface area is 476 Å². The number of para-hydroxylation sites is 6. The Bertz CT molecular complexity index is 4570. The van der Waals surface area contributed by atoms with Crippen LogP contribution < -0.4 is 9.47 Å². The molecule has 0 saturated heterocycles. The molecule has 2 aliphatic rings. The second kappa shape index (κ2) is 21.4. The molecule has 0 unspecified atom stereocenters. The maximum atomic E-state index is 6.54. The molecule has 0 bridgehead atoms. The molecule has 8 aromatic carbocycles. The van der Waals surface area contributed by atoms with E-state index in [1.54, 1.807) is 18.6 Å². The fraction of sp³-hybridized carbons (Fsp3) is 0. The summed E-state index contributed by atoms with van der Waals surface area (Å²) in [5, 5.41) is 2.38. The molecule has 8 heterocycles. The SMILES string of the molecule is Brc1ccc(-c2ccccn2)nc1.c1ccc(-c2cccc3c4c([nH]c23)-c2ccccc2Oc2ccccc2-4)cc1.c1ccc(-c2cccc3c4c(n(-c5ccc(-c6ccccn6)nc5)c23)-c2ccccc2Oc2ccccc2-4)cc1. The molecule has 6 aromatic heterocycles. The van der Waals surface area contributed by atoms with Crippen molar-refractivity contribution in [3.05, 3.63) is 284 Å². The van der Waals surface area contributed by atoms with Crippen molar-refractivity contribution in [2.75, 3.05) is 0 Å². The number of rotatable bonds is 5. The highest BCUT2D eigenvalue weighted by Gasteiger charge is 2.30. The summed E-state index contributed by atoms with van der Waals surface area (Å²) in [5.74, 6) is 3.44. The summed E-state index contributed by atoms with van der Waals surface area (Å²) in [4.78, 5) is 21.5. The number of hydrogen-bond acceptors (Lipinski definition) is 6. The van der Waals surface area contributed by atoms with Gasteiger partial charge >= 0.3 is 0 Å². The van der Waals surface area contributed by atoms with Gasteiger partial charge in [-0.3, -0.25) is 19.9 Å². The summed E-state index contributed by atoms with van der Waals surface area (Å²) in [7, 11) is 0. The third-order valence-corrected chi connectivity index (χ3v) is 15.1. The highest BCUT2D eigenvalue weighted by atomic mass is 79.9. The molecule has 81 heavy (non-hydrogen) atoms. The molecule has 0 saturated carbocycles. The molecule has 0 radical (unpaired) electrons. The summed E-state index contributed by atoms with van der Waals surface area (Å²) in [5.41, 5.74) is 20.4. The van der Waals surface area contributed by atoms with Crippen LogP contribution in [0.25, 0.3) is 117 Å². The smallest absolute Gasteiger partial charge is 0.136 e. The van der Waals surface area contributed by atoms with E-state index in [0.29, 0.717) is 0 Å². The van der Waals surface area contributed by atoms with Crippen LogP contribution in [0, 0.1) is 0 Å². The third-order valence-electron chi connectivity index (χ3n) is 14.6. The zero-order chi connectivity index (χ0) is 54.1. The average Bonchev–Trinajstić information content (AvgIpc) is 4.10. The highest BCUT2D eigenvalue weighted by Crippen LogP contribution is 2.54. The number of benzene rings is 8. The topological polar surface area (TPSA) is 90.7 Å². The maximum absolute atomic E-state index is 6.54. The Morgan fingerprint density at radius 3 is 1.40 bits per heavy atom. The number of aromatic amines is 1. The van der Waals surface area contributed by atoms with Crippen molar-refractivity contribution < 1.29 is 9.47 Å². The van der Waals surface area contributed by atoms with Gasteiger partial charge < -0.3 is 19.0 Å². The molecule has 0 fully saturated rings. The van der Waals surface area contributed by atoms with Gasteiger partial charge in [0.25, 0.3) is 0 Å². The highest BCUT2D eigenvalue weighted by molar-refractivity contribution is 9.10. The summed E-state index contributed by atoms with van der Waals surface area (Å²) in [6.45, 7) is 0. The minimum Gasteiger partial charge on any atom is -0.456 e. The van der Waals surface area contributed by atoms with Gasteiger partial charge in [-0.05, 0) is 112 Å². The van der Waals surface area contributed by atoms with Gasteiger partial charge in [0, 0.05) is 78.3 Å². The molecule has 384 valence electrons. The Balaban J connectivity index is 0.000000124. The van der Waals surface area contributed by atoms with Crippen LogP contribution in [-0.2, 0) is 0 Å². The van der Waals surface area contributed by atoms with Gasteiger partial charge in [0.15, 0.2) is 0 Å². The van der Waals surface area contributed by atoms with E-state index in [2.05, 4.69) is 198 Å². The summed E-state index contributed by atoms with van der Waals surface area (Å²) >= 11 is 3.34. The van der Waals surface area contributed by atoms with Crippen molar-refractivity contribution in [1.82, 2.24) is 29.5 Å². The molecule has 14 aromatic rings. The first-order chi connectivity index (χ1) is 40.1. The summed E-state index contributed by atoms with van der Waals surface area (Å²) in [6.07, 6.45) is 7.28. The second-order valence-electron chi connectivity index (χ2n) is 19.5. The van der Waals surface area contributed by atoms with Crippen molar-refractivity contribution in [2.24, 2.45) is 0 Å². The van der Waals surface area contributed by atoms with E-state index in [9.17, 15) is 0 Å². The normalized spacial score (nSPS) is 11.5. The van der Waals surface area contributed by atoms with Crippen molar-refractivity contribution in [3.63, 3.8) is 0 Å². The van der Waals surface area contributed by atoms with Crippen LogP contribution >= 0.6 is 15.9 Å². The van der Waals surface area contributed by atoms with Crippen LogP contribution in [0.15, 0.2) is 284 Å². The van der Waals surface area contributed by atoms with Gasteiger partial charge in [0.1, 0.15) is 23.0 Å². The Morgan fingerprint density at radius 2 is 0.815 bits per heavy atom. The van der Waals surface area contributed by atoms with Gasteiger partial charge in [0.05, 0.1) is 57.1 Å². The first kappa shape index (κ1) is 48.9. The Kier molecular flexibility index (Phi) is 12.9. The number of fused-ring (bicyclic) bond motifs is 14. The molecular formula is C72H47BrN6O2. The first-order valence-corrected chi connectivity index (χ1v) is 27.5. The quantitative estimate of drug-likeness (QED) is 0.185. The second-order valence-corrected chi connectivity index (χ2v) is 20.4. The number of aromatic nitrogens is 6.